The molecule has 0 spiro atoms. The van der Waals surface area contributed by atoms with Crippen molar-refractivity contribution in [3.8, 4) is 39.8 Å². The molecule has 7 heteroatoms. The van der Waals surface area contributed by atoms with Crippen LogP contribution in [-0.4, -0.2) is 19.7 Å². The van der Waals surface area contributed by atoms with Crippen LogP contribution in [0.5, 0.6) is 17.4 Å². The lowest BCUT2D eigenvalue weighted by Gasteiger charge is -2.08. The fourth-order valence-corrected chi connectivity index (χ4v) is 3.58. The van der Waals surface area contributed by atoms with Gasteiger partial charge in [0.05, 0.1) is 17.0 Å². The molecule has 0 aliphatic heterocycles. The third-order valence-electron chi connectivity index (χ3n) is 5.07. The Morgan fingerprint density at radius 2 is 1.59 bits per heavy atom. The van der Waals surface area contributed by atoms with E-state index in [-0.39, 0.29) is 17.1 Å². The first-order chi connectivity index (χ1) is 15.5. The van der Waals surface area contributed by atoms with Gasteiger partial charge in [-0.3, -0.25) is 0 Å². The molecule has 32 heavy (non-hydrogen) atoms. The SMILES string of the molecule is Cc1nn2c(O)cc(-c3ccc(Oc4ccccc4)cc3)nc2c1-c1ccc(F)cc1F. The van der Waals surface area contributed by atoms with Crippen LogP contribution in [0.1, 0.15) is 5.69 Å². The number of hydrogen-bond acceptors (Lipinski definition) is 4. The Balaban J connectivity index is 1.57. The van der Waals surface area contributed by atoms with Crippen LogP contribution in [-0.2, 0) is 0 Å². The van der Waals surface area contributed by atoms with Gasteiger partial charge < -0.3 is 9.84 Å². The van der Waals surface area contributed by atoms with Crippen LogP contribution in [0.25, 0.3) is 28.0 Å². The van der Waals surface area contributed by atoms with Gasteiger partial charge in [0.15, 0.2) is 5.65 Å². The van der Waals surface area contributed by atoms with Crippen molar-refractivity contribution in [2.75, 3.05) is 0 Å². The first-order valence-electron chi connectivity index (χ1n) is 9.88. The Hall–Kier alpha value is -4.26. The molecule has 5 nitrogen and oxygen atoms in total. The number of aromatic hydroxyl groups is 1. The molecule has 0 fully saturated rings. The lowest BCUT2D eigenvalue weighted by molar-refractivity contribution is 0.435. The Morgan fingerprint density at radius 3 is 2.31 bits per heavy atom. The van der Waals surface area contributed by atoms with Crippen LogP contribution in [0.2, 0.25) is 0 Å². The molecule has 0 aliphatic carbocycles. The third kappa shape index (κ3) is 3.54. The smallest absolute Gasteiger partial charge is 0.216 e. The molecule has 5 aromatic rings. The average Bonchev–Trinajstić information content (AvgIpc) is 3.11. The number of fused-ring (bicyclic) bond motifs is 1. The van der Waals surface area contributed by atoms with Crippen molar-refractivity contribution < 1.29 is 18.6 Å². The molecule has 0 atom stereocenters. The van der Waals surface area contributed by atoms with Gasteiger partial charge in [0, 0.05) is 23.3 Å². The first kappa shape index (κ1) is 19.7. The highest BCUT2D eigenvalue weighted by Gasteiger charge is 2.20. The van der Waals surface area contributed by atoms with Crippen molar-refractivity contribution >= 4 is 5.65 Å². The van der Waals surface area contributed by atoms with E-state index in [1.807, 2.05) is 42.5 Å². The Bertz CT molecular complexity index is 1430. The van der Waals surface area contributed by atoms with Gasteiger partial charge in [-0.25, -0.2) is 13.8 Å². The van der Waals surface area contributed by atoms with Crippen LogP contribution in [0.3, 0.4) is 0 Å². The van der Waals surface area contributed by atoms with Gasteiger partial charge in [-0.05, 0) is 55.5 Å². The molecule has 0 unspecified atom stereocenters. The summed E-state index contributed by atoms with van der Waals surface area (Å²) in [6, 6.07) is 21.5. The molecular weight excluding hydrogens is 412 g/mol. The van der Waals surface area contributed by atoms with Crippen molar-refractivity contribution in [1.82, 2.24) is 14.6 Å². The van der Waals surface area contributed by atoms with E-state index in [2.05, 4.69) is 10.1 Å². The first-order valence-corrected chi connectivity index (χ1v) is 9.88. The number of para-hydroxylation sites is 1. The van der Waals surface area contributed by atoms with Crippen LogP contribution < -0.4 is 4.74 Å². The van der Waals surface area contributed by atoms with Crippen molar-refractivity contribution in [2.45, 2.75) is 6.92 Å². The molecule has 158 valence electrons. The maximum Gasteiger partial charge on any atom is 0.216 e. The molecule has 2 heterocycles. The second-order valence-electron chi connectivity index (χ2n) is 7.26. The summed E-state index contributed by atoms with van der Waals surface area (Å²) in [5, 5.41) is 14.8. The van der Waals surface area contributed by atoms with Gasteiger partial charge in [-0.1, -0.05) is 18.2 Å². The Labute approximate surface area is 182 Å². The number of rotatable bonds is 4. The number of aromatic nitrogens is 3. The summed E-state index contributed by atoms with van der Waals surface area (Å²) < 4.78 is 34.9. The van der Waals surface area contributed by atoms with E-state index in [0.29, 0.717) is 22.7 Å². The molecule has 2 aromatic heterocycles. The van der Waals surface area contributed by atoms with Crippen LogP contribution in [0, 0.1) is 18.6 Å². The maximum atomic E-state index is 14.5. The van der Waals surface area contributed by atoms with Crippen molar-refractivity contribution in [1.29, 1.82) is 0 Å². The van der Waals surface area contributed by atoms with Crippen LogP contribution >= 0.6 is 0 Å². The number of halogens is 2. The highest BCUT2D eigenvalue weighted by molar-refractivity contribution is 5.82. The number of nitrogens with zero attached hydrogens (tertiary/aromatic N) is 3. The van der Waals surface area contributed by atoms with E-state index >= 15 is 0 Å². The zero-order valence-corrected chi connectivity index (χ0v) is 17.0. The Kier molecular flexibility index (Phi) is 4.78. The van der Waals surface area contributed by atoms with Gasteiger partial charge in [0.25, 0.3) is 0 Å². The fraction of sp³-hybridized carbons (Fsp3) is 0.0400. The van der Waals surface area contributed by atoms with Gasteiger partial charge >= 0.3 is 0 Å². The summed E-state index contributed by atoms with van der Waals surface area (Å²) >= 11 is 0. The standard InChI is InChI=1S/C25H17F2N3O2/c1-15-24(20-12-9-17(26)13-21(20)27)25-28-22(14-23(31)30(25)29-15)16-7-10-19(11-8-16)32-18-5-3-2-4-6-18/h2-14,31H,1H3. The van der Waals surface area contributed by atoms with E-state index < -0.39 is 11.6 Å². The van der Waals surface area contributed by atoms with Gasteiger partial charge in [-0.2, -0.15) is 9.61 Å². The predicted molar refractivity (Wildman–Crippen MR) is 117 cm³/mol. The van der Waals surface area contributed by atoms with E-state index in [4.69, 9.17) is 4.74 Å². The van der Waals surface area contributed by atoms with E-state index in [1.165, 1.54) is 22.7 Å². The number of ether oxygens (including phenoxy) is 1. The summed E-state index contributed by atoms with van der Waals surface area (Å²) in [6.07, 6.45) is 0. The van der Waals surface area contributed by atoms with Crippen molar-refractivity contribution in [2.24, 2.45) is 0 Å². The van der Waals surface area contributed by atoms with E-state index in [1.54, 1.807) is 19.1 Å². The highest BCUT2D eigenvalue weighted by Crippen LogP contribution is 2.34. The second kappa shape index (κ2) is 7.77. The summed E-state index contributed by atoms with van der Waals surface area (Å²) in [4.78, 5) is 4.62. The summed E-state index contributed by atoms with van der Waals surface area (Å²) in [7, 11) is 0. The molecule has 3 aromatic carbocycles. The highest BCUT2D eigenvalue weighted by atomic mass is 19.1. The monoisotopic (exact) mass is 429 g/mol. The summed E-state index contributed by atoms with van der Waals surface area (Å²) in [5.74, 6) is -0.170. The molecule has 0 saturated heterocycles. The quantitative estimate of drug-likeness (QED) is 0.372. The fourth-order valence-electron chi connectivity index (χ4n) is 3.58. The van der Waals surface area contributed by atoms with Crippen LogP contribution in [0.4, 0.5) is 8.78 Å². The molecule has 0 saturated carbocycles. The zero-order valence-electron chi connectivity index (χ0n) is 17.0. The minimum atomic E-state index is -0.725. The molecular formula is C25H17F2N3O2. The molecule has 0 amide bonds. The number of hydrogen-bond donors (Lipinski definition) is 1. The summed E-state index contributed by atoms with van der Waals surface area (Å²) in [5.41, 5.74) is 2.49. The number of aryl methyl sites for hydroxylation is 1. The minimum Gasteiger partial charge on any atom is -0.493 e. The zero-order chi connectivity index (χ0) is 22.2. The van der Waals surface area contributed by atoms with E-state index in [0.717, 1.165) is 17.4 Å². The van der Waals surface area contributed by atoms with Crippen LogP contribution in [0.15, 0.2) is 78.9 Å². The summed E-state index contributed by atoms with van der Waals surface area (Å²) in [6.45, 7) is 1.68. The predicted octanol–water partition coefficient (Wildman–Crippen LogP) is 6.15. The van der Waals surface area contributed by atoms with Crippen molar-refractivity contribution in [3.05, 3.63) is 96.2 Å². The third-order valence-corrected chi connectivity index (χ3v) is 5.07. The molecule has 5 rings (SSSR count). The lowest BCUT2D eigenvalue weighted by Crippen LogP contribution is -1.95. The molecule has 0 radical (unpaired) electrons. The largest absolute Gasteiger partial charge is 0.493 e. The topological polar surface area (TPSA) is 59.7 Å². The van der Waals surface area contributed by atoms with Gasteiger partial charge in [0.1, 0.15) is 23.1 Å². The second-order valence-corrected chi connectivity index (χ2v) is 7.26. The molecule has 0 bridgehead atoms. The maximum absolute atomic E-state index is 14.5. The minimum absolute atomic E-state index is 0.147. The molecule has 1 N–H and O–H groups in total. The average molecular weight is 429 g/mol. The normalized spacial score (nSPS) is 11.1. The Morgan fingerprint density at radius 1 is 0.875 bits per heavy atom. The van der Waals surface area contributed by atoms with Gasteiger partial charge in [0.2, 0.25) is 5.88 Å². The lowest BCUT2D eigenvalue weighted by atomic mass is 10.1. The van der Waals surface area contributed by atoms with Gasteiger partial charge in [-0.15, -0.1) is 0 Å². The van der Waals surface area contributed by atoms with E-state index in [9.17, 15) is 13.9 Å². The number of benzene rings is 3. The molecule has 0 aliphatic rings. The van der Waals surface area contributed by atoms with Crippen molar-refractivity contribution in [3.63, 3.8) is 0 Å².